The van der Waals surface area contributed by atoms with E-state index in [0.29, 0.717) is 23.0 Å². The number of anilines is 2. The van der Waals surface area contributed by atoms with Gasteiger partial charge in [0.25, 0.3) is 5.91 Å². The summed E-state index contributed by atoms with van der Waals surface area (Å²) < 4.78 is 1.74. The van der Waals surface area contributed by atoms with Crippen molar-refractivity contribution in [2.75, 3.05) is 11.1 Å². The van der Waals surface area contributed by atoms with Crippen molar-refractivity contribution in [1.29, 1.82) is 0 Å². The molecule has 4 N–H and O–H groups in total. The third-order valence-corrected chi connectivity index (χ3v) is 2.92. The lowest BCUT2D eigenvalue weighted by Crippen LogP contribution is -2.13. The van der Waals surface area contributed by atoms with Gasteiger partial charge in [-0.05, 0) is 12.1 Å². The molecule has 19 heavy (non-hydrogen) atoms. The van der Waals surface area contributed by atoms with Crippen molar-refractivity contribution in [2.45, 2.75) is 0 Å². The van der Waals surface area contributed by atoms with Crippen molar-refractivity contribution >= 4 is 28.8 Å². The van der Waals surface area contributed by atoms with Crippen molar-refractivity contribution in [3.05, 3.63) is 36.2 Å². The third kappa shape index (κ3) is 1.81. The first kappa shape index (κ1) is 11.3. The van der Waals surface area contributed by atoms with E-state index in [-0.39, 0.29) is 5.91 Å². The molecule has 0 unspecified atom stereocenters. The number of aromatic amines is 1. The normalized spacial score (nSPS) is 10.8. The maximum atomic E-state index is 12.2. The van der Waals surface area contributed by atoms with Gasteiger partial charge in [0, 0.05) is 19.4 Å². The molecule has 96 valence electrons. The van der Waals surface area contributed by atoms with Crippen LogP contribution >= 0.6 is 0 Å². The molecule has 0 saturated carbocycles. The first-order valence-corrected chi connectivity index (χ1v) is 5.68. The van der Waals surface area contributed by atoms with Crippen molar-refractivity contribution in [2.24, 2.45) is 7.05 Å². The highest BCUT2D eigenvalue weighted by Crippen LogP contribution is 2.20. The zero-order valence-electron chi connectivity index (χ0n) is 10.2. The molecule has 3 rings (SSSR count). The summed E-state index contributed by atoms with van der Waals surface area (Å²) in [5.41, 5.74) is 7.60. The highest BCUT2D eigenvalue weighted by Gasteiger charge is 2.15. The van der Waals surface area contributed by atoms with E-state index in [4.69, 9.17) is 5.73 Å². The molecule has 1 aromatic carbocycles. The summed E-state index contributed by atoms with van der Waals surface area (Å²) in [6.45, 7) is 0. The van der Waals surface area contributed by atoms with Gasteiger partial charge in [-0.25, -0.2) is 9.97 Å². The minimum Gasteiger partial charge on any atom is -0.369 e. The average molecular weight is 256 g/mol. The largest absolute Gasteiger partial charge is 0.369 e. The molecule has 7 heteroatoms. The highest BCUT2D eigenvalue weighted by molar-refractivity contribution is 6.11. The number of para-hydroxylation sites is 1. The minimum atomic E-state index is -0.279. The van der Waals surface area contributed by atoms with E-state index in [1.165, 1.54) is 0 Å². The fourth-order valence-electron chi connectivity index (χ4n) is 1.92. The van der Waals surface area contributed by atoms with Gasteiger partial charge in [-0.1, -0.05) is 6.07 Å². The predicted octanol–water partition coefficient (Wildman–Crippen LogP) is 1.13. The van der Waals surface area contributed by atoms with Gasteiger partial charge < -0.3 is 15.3 Å². The molecule has 3 aromatic rings. The Labute approximate surface area is 108 Å². The standard InChI is InChI=1S/C12H12N6O/c1-18-8-4-2-3-7(9(8)16-11(18)13)10(19)17-12-14-5-6-15-12/h2-6H,1H3,(H2,13,16)(H2,14,15,17,19). The molecule has 1 amide bonds. The number of fused-ring (bicyclic) bond motifs is 1. The van der Waals surface area contributed by atoms with Crippen LogP contribution < -0.4 is 11.1 Å². The van der Waals surface area contributed by atoms with Gasteiger partial charge in [-0.2, -0.15) is 0 Å². The van der Waals surface area contributed by atoms with Crippen molar-refractivity contribution in [1.82, 2.24) is 19.5 Å². The van der Waals surface area contributed by atoms with E-state index in [9.17, 15) is 4.79 Å². The number of nitrogens with zero attached hydrogens (tertiary/aromatic N) is 3. The topological polar surface area (TPSA) is 102 Å². The predicted molar refractivity (Wildman–Crippen MR) is 71.7 cm³/mol. The molecule has 0 bridgehead atoms. The first-order valence-electron chi connectivity index (χ1n) is 5.68. The molecule has 0 atom stereocenters. The van der Waals surface area contributed by atoms with Crippen LogP contribution in [0, 0.1) is 0 Å². The van der Waals surface area contributed by atoms with Gasteiger partial charge in [0.05, 0.1) is 11.1 Å². The number of nitrogens with two attached hydrogens (primary N) is 1. The van der Waals surface area contributed by atoms with Gasteiger partial charge in [-0.3, -0.25) is 10.1 Å². The van der Waals surface area contributed by atoms with Crippen LogP contribution in [-0.2, 0) is 7.05 Å². The van der Waals surface area contributed by atoms with E-state index in [2.05, 4.69) is 20.3 Å². The fraction of sp³-hybridized carbons (Fsp3) is 0.0833. The number of H-pyrrole nitrogens is 1. The van der Waals surface area contributed by atoms with Crippen LogP contribution in [0.2, 0.25) is 0 Å². The van der Waals surface area contributed by atoms with E-state index in [1.807, 2.05) is 6.07 Å². The van der Waals surface area contributed by atoms with Crippen molar-refractivity contribution in [3.8, 4) is 0 Å². The smallest absolute Gasteiger partial charge is 0.260 e. The third-order valence-electron chi connectivity index (χ3n) is 2.92. The van der Waals surface area contributed by atoms with Crippen LogP contribution in [0.3, 0.4) is 0 Å². The van der Waals surface area contributed by atoms with Gasteiger partial charge in [0.15, 0.2) is 0 Å². The summed E-state index contributed by atoms with van der Waals surface area (Å²) in [6.07, 6.45) is 3.20. The van der Waals surface area contributed by atoms with Crippen LogP contribution in [-0.4, -0.2) is 25.4 Å². The molecule has 0 aliphatic carbocycles. The summed E-state index contributed by atoms with van der Waals surface area (Å²) in [6, 6.07) is 5.36. The number of rotatable bonds is 2. The first-order chi connectivity index (χ1) is 9.16. The number of imidazole rings is 2. The van der Waals surface area contributed by atoms with Crippen LogP contribution in [0.5, 0.6) is 0 Å². The van der Waals surface area contributed by atoms with E-state index < -0.39 is 0 Å². The average Bonchev–Trinajstić information content (AvgIpc) is 2.99. The molecule has 0 aliphatic rings. The number of carbonyl (C=O) groups is 1. The van der Waals surface area contributed by atoms with Crippen molar-refractivity contribution in [3.63, 3.8) is 0 Å². The Balaban J connectivity index is 2.05. The number of hydrogen-bond donors (Lipinski definition) is 3. The Kier molecular flexibility index (Phi) is 2.45. The molecule has 0 fully saturated rings. The Morgan fingerprint density at radius 2 is 2.32 bits per heavy atom. The molecule has 0 spiro atoms. The molecule has 0 saturated heterocycles. The second kappa shape index (κ2) is 4.13. The summed E-state index contributed by atoms with van der Waals surface area (Å²) in [4.78, 5) is 23.2. The zero-order valence-corrected chi connectivity index (χ0v) is 10.2. The molecular formula is C12H12N6O. The SMILES string of the molecule is Cn1c(N)nc2c(C(=O)Nc3ncc[nH]3)cccc21. The van der Waals surface area contributed by atoms with Crippen LogP contribution in [0.25, 0.3) is 11.0 Å². The quantitative estimate of drug-likeness (QED) is 0.639. The van der Waals surface area contributed by atoms with Gasteiger partial charge in [0.1, 0.15) is 5.52 Å². The molecule has 0 aliphatic heterocycles. The number of amides is 1. The number of nitrogen functional groups attached to an aromatic ring is 1. The van der Waals surface area contributed by atoms with E-state index in [0.717, 1.165) is 5.52 Å². The Morgan fingerprint density at radius 3 is 3.05 bits per heavy atom. The monoisotopic (exact) mass is 256 g/mol. The van der Waals surface area contributed by atoms with E-state index >= 15 is 0 Å². The molecule has 0 radical (unpaired) electrons. The number of hydrogen-bond acceptors (Lipinski definition) is 4. The maximum absolute atomic E-state index is 12.2. The number of aryl methyl sites for hydroxylation is 1. The summed E-state index contributed by atoms with van der Waals surface area (Å²) in [7, 11) is 1.80. The maximum Gasteiger partial charge on any atom is 0.260 e. The fourth-order valence-corrected chi connectivity index (χ4v) is 1.92. The van der Waals surface area contributed by atoms with E-state index in [1.54, 1.807) is 36.1 Å². The highest BCUT2D eigenvalue weighted by atomic mass is 16.1. The Bertz CT molecular complexity index is 743. The van der Waals surface area contributed by atoms with Crippen molar-refractivity contribution < 1.29 is 4.79 Å². The second-order valence-corrected chi connectivity index (χ2v) is 4.09. The van der Waals surface area contributed by atoms with Gasteiger partial charge in [-0.15, -0.1) is 0 Å². The molecule has 2 aromatic heterocycles. The lowest BCUT2D eigenvalue weighted by molar-refractivity contribution is 0.102. The summed E-state index contributed by atoms with van der Waals surface area (Å²) >= 11 is 0. The minimum absolute atomic E-state index is 0.279. The number of aromatic nitrogens is 4. The van der Waals surface area contributed by atoms with Crippen LogP contribution in [0.15, 0.2) is 30.6 Å². The van der Waals surface area contributed by atoms with Gasteiger partial charge >= 0.3 is 0 Å². The second-order valence-electron chi connectivity index (χ2n) is 4.09. The molecular weight excluding hydrogens is 244 g/mol. The Hall–Kier alpha value is -2.83. The van der Waals surface area contributed by atoms with Crippen LogP contribution in [0.1, 0.15) is 10.4 Å². The Morgan fingerprint density at radius 1 is 1.47 bits per heavy atom. The summed E-state index contributed by atoms with van der Waals surface area (Å²) in [5.74, 6) is 0.484. The lowest BCUT2D eigenvalue weighted by atomic mass is 10.1. The molecule has 7 nitrogen and oxygen atoms in total. The molecule has 2 heterocycles. The number of nitrogens with one attached hydrogen (secondary N) is 2. The summed E-state index contributed by atoms with van der Waals surface area (Å²) in [5, 5.41) is 2.66. The zero-order chi connectivity index (χ0) is 13.4. The number of benzene rings is 1. The number of carbonyl (C=O) groups excluding carboxylic acids is 1. The van der Waals surface area contributed by atoms with Gasteiger partial charge in [0.2, 0.25) is 11.9 Å². The lowest BCUT2D eigenvalue weighted by Gasteiger charge is -2.03. The van der Waals surface area contributed by atoms with Crippen LogP contribution in [0.4, 0.5) is 11.9 Å².